The number of hydrogen-bond donors (Lipinski definition) is 1. The van der Waals surface area contributed by atoms with Gasteiger partial charge in [0.25, 0.3) is 0 Å². The first-order valence-electron chi connectivity index (χ1n) is 6.62. The van der Waals surface area contributed by atoms with E-state index in [0.29, 0.717) is 5.92 Å². The number of thioether (sulfide) groups is 1. The molecule has 0 spiro atoms. The molecule has 0 heterocycles. The Hall–Kier alpha value is -0.220. The van der Waals surface area contributed by atoms with E-state index in [2.05, 4.69) is 0 Å². The monoisotopic (exact) mass is 257 g/mol. The van der Waals surface area contributed by atoms with Crippen molar-refractivity contribution in [1.82, 2.24) is 0 Å². The molecule has 0 aromatic heterocycles. The summed E-state index contributed by atoms with van der Waals surface area (Å²) in [4.78, 5) is 11.8. The Balaban J connectivity index is 1.79. The van der Waals surface area contributed by atoms with Gasteiger partial charge < -0.3 is 10.5 Å². The summed E-state index contributed by atoms with van der Waals surface area (Å²) >= 11 is 1.84. The quantitative estimate of drug-likeness (QED) is 0.741. The second-order valence-electron chi connectivity index (χ2n) is 5.47. The summed E-state index contributed by atoms with van der Waals surface area (Å²) in [6.07, 6.45) is 7.61. The zero-order valence-corrected chi connectivity index (χ0v) is 11.4. The average Bonchev–Trinajstić information content (AvgIpc) is 3.07. The summed E-state index contributed by atoms with van der Waals surface area (Å²) in [7, 11) is 1.44. The number of ether oxygens (including phenoxy) is 1. The number of methoxy groups -OCH3 is 1. The van der Waals surface area contributed by atoms with Crippen molar-refractivity contribution < 1.29 is 9.53 Å². The summed E-state index contributed by atoms with van der Waals surface area (Å²) in [5.41, 5.74) is 5.52. The summed E-state index contributed by atoms with van der Waals surface area (Å²) in [5.74, 6) is 2.86. The zero-order valence-electron chi connectivity index (χ0n) is 10.6. The van der Waals surface area contributed by atoms with Crippen molar-refractivity contribution in [3.63, 3.8) is 0 Å². The molecule has 2 aliphatic rings. The smallest absolute Gasteiger partial charge is 0.326 e. The molecule has 3 nitrogen and oxygen atoms in total. The van der Waals surface area contributed by atoms with Crippen molar-refractivity contribution in [2.24, 2.45) is 17.6 Å². The van der Waals surface area contributed by atoms with Gasteiger partial charge >= 0.3 is 5.97 Å². The van der Waals surface area contributed by atoms with Gasteiger partial charge in [-0.15, -0.1) is 0 Å². The average molecular weight is 257 g/mol. The number of nitrogens with two attached hydrogens (primary N) is 1. The highest BCUT2D eigenvalue weighted by atomic mass is 32.2. The molecule has 1 atom stereocenters. The van der Waals surface area contributed by atoms with E-state index in [4.69, 9.17) is 10.5 Å². The van der Waals surface area contributed by atoms with Gasteiger partial charge in [-0.25, -0.2) is 0 Å². The van der Waals surface area contributed by atoms with E-state index in [0.717, 1.165) is 30.3 Å². The van der Waals surface area contributed by atoms with Crippen molar-refractivity contribution in [2.75, 3.05) is 18.6 Å². The van der Waals surface area contributed by atoms with Crippen molar-refractivity contribution in [1.29, 1.82) is 0 Å². The Labute approximate surface area is 108 Å². The summed E-state index contributed by atoms with van der Waals surface area (Å²) in [6.45, 7) is 0. The van der Waals surface area contributed by atoms with E-state index in [-0.39, 0.29) is 5.97 Å². The molecule has 0 bridgehead atoms. The third-order valence-electron chi connectivity index (χ3n) is 4.04. The van der Waals surface area contributed by atoms with Crippen molar-refractivity contribution in [2.45, 2.75) is 44.1 Å². The second-order valence-corrected chi connectivity index (χ2v) is 6.50. The van der Waals surface area contributed by atoms with Gasteiger partial charge in [0.1, 0.15) is 5.54 Å². The van der Waals surface area contributed by atoms with Crippen LogP contribution in [0, 0.1) is 11.8 Å². The highest BCUT2D eigenvalue weighted by molar-refractivity contribution is 7.99. The van der Waals surface area contributed by atoms with Crippen molar-refractivity contribution in [3.05, 3.63) is 0 Å². The summed E-state index contributed by atoms with van der Waals surface area (Å²) < 4.78 is 4.86. The standard InChI is InChI=1S/C13H23NO2S/c1-16-12(15)13(14,11-6-7-11)9-17-8-10-4-2-3-5-10/h10-11H,2-9,14H2,1H3. The minimum Gasteiger partial charge on any atom is -0.468 e. The Morgan fingerprint density at radius 3 is 2.53 bits per heavy atom. The lowest BCUT2D eigenvalue weighted by molar-refractivity contribution is -0.146. The lowest BCUT2D eigenvalue weighted by Crippen LogP contribution is -2.53. The molecule has 0 saturated heterocycles. The largest absolute Gasteiger partial charge is 0.468 e. The Kier molecular flexibility index (Phi) is 4.36. The van der Waals surface area contributed by atoms with E-state index in [1.165, 1.54) is 32.8 Å². The minimum absolute atomic E-state index is 0.223. The number of carbonyl (C=O) groups excluding carboxylic acids is 1. The number of esters is 1. The Morgan fingerprint density at radius 2 is 2.00 bits per heavy atom. The Bertz CT molecular complexity index is 275. The van der Waals surface area contributed by atoms with Crippen molar-refractivity contribution in [3.8, 4) is 0 Å². The van der Waals surface area contributed by atoms with Crippen LogP contribution in [-0.2, 0) is 9.53 Å². The van der Waals surface area contributed by atoms with Crippen LogP contribution in [0.2, 0.25) is 0 Å². The highest BCUT2D eigenvalue weighted by Gasteiger charge is 2.48. The molecule has 0 amide bonds. The molecule has 2 aliphatic carbocycles. The van der Waals surface area contributed by atoms with E-state index in [1.807, 2.05) is 11.8 Å². The van der Waals surface area contributed by atoms with Crippen LogP contribution in [0.5, 0.6) is 0 Å². The van der Waals surface area contributed by atoms with Crippen LogP contribution in [-0.4, -0.2) is 30.1 Å². The first kappa shape index (κ1) is 13.2. The van der Waals surface area contributed by atoms with E-state index in [1.54, 1.807) is 0 Å². The first-order valence-corrected chi connectivity index (χ1v) is 7.77. The lowest BCUT2D eigenvalue weighted by Gasteiger charge is -2.26. The SMILES string of the molecule is COC(=O)C(N)(CSCC1CCCC1)C1CC1. The normalized spacial score (nSPS) is 24.6. The van der Waals surface area contributed by atoms with E-state index >= 15 is 0 Å². The molecule has 2 rings (SSSR count). The van der Waals surface area contributed by atoms with Gasteiger partial charge in [0.2, 0.25) is 0 Å². The lowest BCUT2D eigenvalue weighted by atomic mass is 9.97. The van der Waals surface area contributed by atoms with Gasteiger partial charge in [0.05, 0.1) is 7.11 Å². The van der Waals surface area contributed by atoms with Gasteiger partial charge in [-0.3, -0.25) is 4.79 Å². The van der Waals surface area contributed by atoms with Gasteiger partial charge in [0, 0.05) is 5.75 Å². The molecule has 1 unspecified atom stereocenters. The maximum Gasteiger partial charge on any atom is 0.326 e. The maximum absolute atomic E-state index is 11.8. The molecule has 2 N–H and O–H groups in total. The predicted octanol–water partition coefficient (Wildman–Crippen LogP) is 2.19. The molecule has 2 saturated carbocycles. The third kappa shape index (κ3) is 3.16. The molecule has 0 aromatic rings. The fraction of sp³-hybridized carbons (Fsp3) is 0.923. The number of carbonyl (C=O) groups is 1. The molecule has 0 aromatic carbocycles. The van der Waals surface area contributed by atoms with Gasteiger partial charge in [-0.05, 0) is 43.3 Å². The van der Waals surface area contributed by atoms with E-state index < -0.39 is 5.54 Å². The van der Waals surface area contributed by atoms with E-state index in [9.17, 15) is 4.79 Å². The topological polar surface area (TPSA) is 52.3 Å². The van der Waals surface area contributed by atoms with Crippen LogP contribution in [0.25, 0.3) is 0 Å². The molecule has 0 radical (unpaired) electrons. The molecule has 98 valence electrons. The van der Waals surface area contributed by atoms with Gasteiger partial charge in [-0.1, -0.05) is 12.8 Å². The van der Waals surface area contributed by atoms with Crippen LogP contribution in [0.4, 0.5) is 0 Å². The molecular formula is C13H23NO2S. The summed E-state index contributed by atoms with van der Waals surface area (Å²) in [6, 6.07) is 0. The fourth-order valence-electron chi connectivity index (χ4n) is 2.70. The third-order valence-corrected chi connectivity index (χ3v) is 5.43. The van der Waals surface area contributed by atoms with Gasteiger partial charge in [0.15, 0.2) is 0 Å². The Morgan fingerprint density at radius 1 is 1.35 bits per heavy atom. The predicted molar refractivity (Wildman–Crippen MR) is 70.9 cm³/mol. The van der Waals surface area contributed by atoms with Crippen LogP contribution in [0.1, 0.15) is 38.5 Å². The van der Waals surface area contributed by atoms with Crippen molar-refractivity contribution >= 4 is 17.7 Å². The van der Waals surface area contributed by atoms with Crippen LogP contribution in [0.15, 0.2) is 0 Å². The fourth-order valence-corrected chi connectivity index (χ4v) is 4.18. The summed E-state index contributed by atoms with van der Waals surface area (Å²) in [5, 5.41) is 0. The minimum atomic E-state index is -0.724. The van der Waals surface area contributed by atoms with Gasteiger partial charge in [-0.2, -0.15) is 11.8 Å². The maximum atomic E-state index is 11.8. The van der Waals surface area contributed by atoms with Crippen LogP contribution < -0.4 is 5.73 Å². The zero-order chi connectivity index (χ0) is 12.3. The molecule has 17 heavy (non-hydrogen) atoms. The molecular weight excluding hydrogens is 234 g/mol. The van der Waals surface area contributed by atoms with Crippen LogP contribution in [0.3, 0.4) is 0 Å². The molecule has 4 heteroatoms. The highest BCUT2D eigenvalue weighted by Crippen LogP contribution is 2.41. The first-order chi connectivity index (χ1) is 8.16. The second kappa shape index (κ2) is 5.61. The molecule has 0 aliphatic heterocycles. The molecule has 2 fully saturated rings. The number of hydrogen-bond acceptors (Lipinski definition) is 4. The number of rotatable bonds is 6. The van der Waals surface area contributed by atoms with Crippen LogP contribution >= 0.6 is 11.8 Å².